The van der Waals surface area contributed by atoms with E-state index in [9.17, 15) is 9.59 Å². The van der Waals surface area contributed by atoms with E-state index in [2.05, 4.69) is 27.4 Å². The second kappa shape index (κ2) is 7.35. The number of esters is 1. The molecule has 1 amide bonds. The zero-order chi connectivity index (χ0) is 17.1. The number of aromatic amines is 1. The fourth-order valence-corrected chi connectivity index (χ4v) is 4.71. The van der Waals surface area contributed by atoms with Crippen LogP contribution in [0, 0.1) is 5.92 Å². The quantitative estimate of drug-likeness (QED) is 0.623. The lowest BCUT2D eigenvalue weighted by Crippen LogP contribution is -2.17. The predicted octanol–water partition coefficient (Wildman–Crippen LogP) is 2.51. The Labute approximate surface area is 147 Å². The van der Waals surface area contributed by atoms with E-state index in [1.54, 1.807) is 0 Å². The Morgan fingerprint density at radius 2 is 2.38 bits per heavy atom. The van der Waals surface area contributed by atoms with E-state index in [0.717, 1.165) is 24.8 Å². The first kappa shape index (κ1) is 17.0. The third kappa shape index (κ3) is 3.62. The summed E-state index contributed by atoms with van der Waals surface area (Å²) in [6.45, 7) is 2.20. The molecule has 1 atom stereocenters. The number of carbonyl (C=O) groups is 2. The summed E-state index contributed by atoms with van der Waals surface area (Å²) < 4.78 is 4.92. The van der Waals surface area contributed by atoms with Crippen LogP contribution in [0.3, 0.4) is 0 Å². The average Bonchev–Trinajstić information content (AvgIpc) is 3.19. The highest BCUT2D eigenvalue weighted by Gasteiger charge is 2.28. The third-order valence-corrected chi connectivity index (χ3v) is 5.93. The molecule has 24 heavy (non-hydrogen) atoms. The number of fused-ring (bicyclic) bond motifs is 1. The first-order valence-corrected chi connectivity index (χ1v) is 9.39. The Bertz CT molecular complexity index is 742. The van der Waals surface area contributed by atoms with E-state index in [0.29, 0.717) is 21.6 Å². The Balaban J connectivity index is 1.76. The molecule has 0 bridgehead atoms. The molecule has 0 fully saturated rings. The Morgan fingerprint density at radius 1 is 1.54 bits per heavy atom. The smallest absolute Gasteiger partial charge is 0.341 e. The molecule has 0 aliphatic heterocycles. The molecular weight excluding hydrogens is 348 g/mol. The van der Waals surface area contributed by atoms with Gasteiger partial charge in [0.2, 0.25) is 5.91 Å². The molecule has 1 aliphatic rings. The molecule has 0 spiro atoms. The summed E-state index contributed by atoms with van der Waals surface area (Å²) in [7, 11) is 1.36. The number of nitrogens with zero attached hydrogens (tertiary/aromatic N) is 2. The minimum Gasteiger partial charge on any atom is -0.465 e. The standard InChI is InChI=1S/C15H18N4O3S2/c1-8-3-4-9-10(5-8)24-13(12(9)14(21)22-2)18-11(20)6-23-15-16-7-17-19-15/h7-8H,3-6H2,1-2H3,(H,18,20)(H,16,17,19)/t8-/m0/s1. The maximum absolute atomic E-state index is 12.2. The van der Waals surface area contributed by atoms with Crippen molar-refractivity contribution in [1.82, 2.24) is 15.2 Å². The number of H-pyrrole nitrogens is 1. The minimum absolute atomic E-state index is 0.187. The summed E-state index contributed by atoms with van der Waals surface area (Å²) in [5.74, 6) is 0.204. The van der Waals surface area contributed by atoms with Crippen LogP contribution in [-0.2, 0) is 22.4 Å². The van der Waals surface area contributed by atoms with Gasteiger partial charge in [0.25, 0.3) is 0 Å². The topological polar surface area (TPSA) is 97.0 Å². The number of anilines is 1. The van der Waals surface area contributed by atoms with Crippen LogP contribution in [0.25, 0.3) is 0 Å². The van der Waals surface area contributed by atoms with Crippen molar-refractivity contribution in [3.8, 4) is 0 Å². The highest BCUT2D eigenvalue weighted by atomic mass is 32.2. The van der Waals surface area contributed by atoms with Crippen LogP contribution in [0.5, 0.6) is 0 Å². The Kier molecular flexibility index (Phi) is 5.20. The average molecular weight is 366 g/mol. The fourth-order valence-electron chi connectivity index (χ4n) is 2.72. The van der Waals surface area contributed by atoms with Gasteiger partial charge in [-0.15, -0.1) is 11.3 Å². The van der Waals surface area contributed by atoms with Gasteiger partial charge in [-0.05, 0) is 30.7 Å². The van der Waals surface area contributed by atoms with Crippen LogP contribution in [-0.4, -0.2) is 39.9 Å². The van der Waals surface area contributed by atoms with Gasteiger partial charge in [0, 0.05) is 4.88 Å². The number of hydrogen-bond acceptors (Lipinski definition) is 7. The summed E-state index contributed by atoms with van der Waals surface area (Å²) >= 11 is 2.74. The van der Waals surface area contributed by atoms with Gasteiger partial charge in [0.05, 0.1) is 18.4 Å². The molecule has 3 rings (SSSR count). The minimum atomic E-state index is -0.389. The molecule has 0 aromatic carbocycles. The largest absolute Gasteiger partial charge is 0.465 e. The number of hydrogen-bond donors (Lipinski definition) is 2. The molecular formula is C15H18N4O3S2. The Morgan fingerprint density at radius 3 is 3.08 bits per heavy atom. The summed E-state index contributed by atoms with van der Waals surface area (Å²) in [5.41, 5.74) is 1.55. The highest BCUT2D eigenvalue weighted by molar-refractivity contribution is 7.99. The van der Waals surface area contributed by atoms with Crippen molar-refractivity contribution in [2.45, 2.75) is 31.3 Å². The number of carbonyl (C=O) groups excluding carboxylic acids is 2. The van der Waals surface area contributed by atoms with E-state index in [4.69, 9.17) is 4.74 Å². The van der Waals surface area contributed by atoms with Crippen LogP contribution in [0.15, 0.2) is 11.5 Å². The summed E-state index contributed by atoms with van der Waals surface area (Å²) in [4.78, 5) is 29.5. The first-order valence-electron chi connectivity index (χ1n) is 7.59. The number of amides is 1. The number of aromatic nitrogens is 3. The molecule has 1 aliphatic carbocycles. The molecule has 0 radical (unpaired) electrons. The van der Waals surface area contributed by atoms with Gasteiger partial charge in [-0.25, -0.2) is 9.78 Å². The van der Waals surface area contributed by atoms with Gasteiger partial charge in [-0.1, -0.05) is 18.7 Å². The van der Waals surface area contributed by atoms with Crippen molar-refractivity contribution in [3.63, 3.8) is 0 Å². The number of thiophene rings is 1. The number of rotatable bonds is 5. The Hall–Kier alpha value is -1.87. The van der Waals surface area contributed by atoms with Crippen molar-refractivity contribution in [2.24, 2.45) is 5.92 Å². The number of thioether (sulfide) groups is 1. The van der Waals surface area contributed by atoms with Gasteiger partial charge in [0.1, 0.15) is 11.3 Å². The summed E-state index contributed by atoms with van der Waals surface area (Å²) in [5, 5.41) is 10.5. The molecule has 0 unspecified atom stereocenters. The lowest BCUT2D eigenvalue weighted by Gasteiger charge is -2.18. The molecule has 2 N–H and O–H groups in total. The summed E-state index contributed by atoms with van der Waals surface area (Å²) in [6.07, 6.45) is 4.22. The molecule has 0 saturated heterocycles. The molecule has 2 aromatic rings. The SMILES string of the molecule is COC(=O)c1c(NC(=O)CSc2ncn[nH]2)sc2c1CC[C@H](C)C2. The second-order valence-corrected chi connectivity index (χ2v) is 7.74. The molecule has 7 nitrogen and oxygen atoms in total. The first-order chi connectivity index (χ1) is 11.6. The normalized spacial score (nSPS) is 16.5. The van der Waals surface area contributed by atoms with Crippen molar-refractivity contribution in [2.75, 3.05) is 18.2 Å². The van der Waals surface area contributed by atoms with Crippen LogP contribution >= 0.6 is 23.1 Å². The van der Waals surface area contributed by atoms with E-state index >= 15 is 0 Å². The van der Waals surface area contributed by atoms with Crippen LogP contribution in [0.2, 0.25) is 0 Å². The highest BCUT2D eigenvalue weighted by Crippen LogP contribution is 2.40. The van der Waals surface area contributed by atoms with Crippen LogP contribution in [0.4, 0.5) is 5.00 Å². The van der Waals surface area contributed by atoms with Crippen molar-refractivity contribution >= 4 is 40.0 Å². The number of methoxy groups -OCH3 is 1. The fraction of sp³-hybridized carbons (Fsp3) is 0.467. The van der Waals surface area contributed by atoms with Crippen molar-refractivity contribution in [1.29, 1.82) is 0 Å². The molecule has 0 saturated carbocycles. The van der Waals surface area contributed by atoms with Gasteiger partial charge >= 0.3 is 5.97 Å². The lowest BCUT2D eigenvalue weighted by atomic mass is 9.88. The van der Waals surface area contributed by atoms with Crippen LogP contribution in [0.1, 0.15) is 34.1 Å². The maximum Gasteiger partial charge on any atom is 0.341 e. The third-order valence-electron chi connectivity index (χ3n) is 3.89. The molecule has 128 valence electrons. The molecule has 2 heterocycles. The molecule has 9 heteroatoms. The monoisotopic (exact) mass is 366 g/mol. The van der Waals surface area contributed by atoms with E-state index in [1.807, 2.05) is 0 Å². The number of ether oxygens (including phenoxy) is 1. The van der Waals surface area contributed by atoms with E-state index < -0.39 is 0 Å². The van der Waals surface area contributed by atoms with Crippen molar-refractivity contribution in [3.05, 3.63) is 22.3 Å². The lowest BCUT2D eigenvalue weighted by molar-refractivity contribution is -0.113. The molecule has 2 aromatic heterocycles. The number of nitrogens with one attached hydrogen (secondary N) is 2. The zero-order valence-corrected chi connectivity index (χ0v) is 15.1. The van der Waals surface area contributed by atoms with Gasteiger partial charge < -0.3 is 10.1 Å². The van der Waals surface area contributed by atoms with Gasteiger partial charge in [0.15, 0.2) is 5.16 Å². The van der Waals surface area contributed by atoms with Crippen molar-refractivity contribution < 1.29 is 14.3 Å². The van der Waals surface area contributed by atoms with Crippen LogP contribution < -0.4 is 5.32 Å². The second-order valence-electron chi connectivity index (χ2n) is 5.67. The van der Waals surface area contributed by atoms with E-state index in [1.165, 1.54) is 41.4 Å². The summed E-state index contributed by atoms with van der Waals surface area (Å²) in [6, 6.07) is 0. The van der Waals surface area contributed by atoms with E-state index in [-0.39, 0.29) is 17.6 Å². The zero-order valence-electron chi connectivity index (χ0n) is 13.4. The predicted molar refractivity (Wildman–Crippen MR) is 92.6 cm³/mol. The van der Waals surface area contributed by atoms with Gasteiger partial charge in [-0.3, -0.25) is 9.89 Å². The maximum atomic E-state index is 12.2. The van der Waals surface area contributed by atoms with Gasteiger partial charge in [-0.2, -0.15) is 5.10 Å².